The molecule has 15 heteroatoms. The molecule has 0 saturated heterocycles. The zero-order valence-corrected chi connectivity index (χ0v) is 24.6. The fraction of sp³-hybridized carbons (Fsp3) is 0.448. The van der Waals surface area contributed by atoms with Crippen LogP contribution in [-0.4, -0.2) is 58.1 Å². The summed E-state index contributed by atoms with van der Waals surface area (Å²) in [6.45, 7) is 1.49. The van der Waals surface area contributed by atoms with Crippen LogP contribution in [0.4, 0.5) is 26.3 Å². The van der Waals surface area contributed by atoms with Crippen LogP contribution in [0.1, 0.15) is 66.6 Å². The van der Waals surface area contributed by atoms with Gasteiger partial charge < -0.3 is 15.3 Å². The average molecular weight is 666 g/mol. The molecule has 1 fully saturated rings. The van der Waals surface area contributed by atoms with Gasteiger partial charge in [-0.1, -0.05) is 42.3 Å². The third-order valence-electron chi connectivity index (χ3n) is 7.85. The van der Waals surface area contributed by atoms with Gasteiger partial charge in [0.25, 0.3) is 11.8 Å². The van der Waals surface area contributed by atoms with Crippen LogP contribution in [0.2, 0.25) is 10.0 Å². The Labute approximate surface area is 258 Å². The van der Waals surface area contributed by atoms with Gasteiger partial charge >= 0.3 is 18.3 Å². The van der Waals surface area contributed by atoms with Crippen molar-refractivity contribution in [3.8, 4) is 0 Å². The molecule has 2 aromatic carbocycles. The van der Waals surface area contributed by atoms with Crippen LogP contribution in [0.3, 0.4) is 0 Å². The van der Waals surface area contributed by atoms with Gasteiger partial charge in [0, 0.05) is 40.6 Å². The summed E-state index contributed by atoms with van der Waals surface area (Å²) < 4.78 is 84.7. The number of hydrogen-bond donors (Lipinski definition) is 2. The normalized spacial score (nSPS) is 23.1. The summed E-state index contributed by atoms with van der Waals surface area (Å²) in [6, 6.07) is 8.59. The molecule has 1 aliphatic carbocycles. The van der Waals surface area contributed by atoms with E-state index in [1.807, 2.05) is 0 Å². The molecule has 0 radical (unpaired) electrons. The predicted octanol–water partition coefficient (Wildman–Crippen LogP) is 7.22. The molecule has 2 aliphatic rings. The number of carboxylic acids is 1. The summed E-state index contributed by atoms with van der Waals surface area (Å²) in [5, 5.41) is 11.4. The molecule has 2 aromatic rings. The molecular weight excluding hydrogens is 639 g/mol. The third-order valence-corrected chi connectivity index (χ3v) is 8.28. The van der Waals surface area contributed by atoms with Crippen molar-refractivity contribution < 1.29 is 45.8 Å². The van der Waals surface area contributed by atoms with E-state index >= 15 is 0 Å². The Bertz CT molecular complexity index is 1420. The second kappa shape index (κ2) is 12.6. The molecule has 2 N–H and O–H groups in total. The van der Waals surface area contributed by atoms with Gasteiger partial charge in [0.1, 0.15) is 11.4 Å². The van der Waals surface area contributed by atoms with Gasteiger partial charge in [-0.2, -0.15) is 26.3 Å². The molecule has 238 valence electrons. The molecule has 1 saturated carbocycles. The van der Waals surface area contributed by atoms with Crippen LogP contribution >= 0.6 is 23.2 Å². The van der Waals surface area contributed by atoms with E-state index < -0.39 is 72.9 Å². The zero-order valence-electron chi connectivity index (χ0n) is 23.1. The minimum absolute atomic E-state index is 0.0512. The van der Waals surface area contributed by atoms with Crippen molar-refractivity contribution >= 4 is 46.7 Å². The minimum Gasteiger partial charge on any atom is -0.481 e. The van der Waals surface area contributed by atoms with Crippen molar-refractivity contribution in [1.82, 2.24) is 10.2 Å². The molecule has 44 heavy (non-hydrogen) atoms. The van der Waals surface area contributed by atoms with Crippen LogP contribution < -0.4 is 5.32 Å². The van der Waals surface area contributed by atoms with E-state index in [9.17, 15) is 40.7 Å². The number of halogens is 8. The van der Waals surface area contributed by atoms with E-state index in [1.54, 1.807) is 6.92 Å². The van der Waals surface area contributed by atoms with Crippen LogP contribution in [0.25, 0.3) is 0 Å². The Balaban J connectivity index is 1.80. The lowest BCUT2D eigenvalue weighted by Crippen LogP contribution is -2.56. The lowest BCUT2D eigenvalue weighted by Gasteiger charge is -2.48. The number of aliphatic imine (C=N–C) groups is 1. The molecular formula is C29H27Cl2F6N3O4. The van der Waals surface area contributed by atoms with Gasteiger partial charge in [0.15, 0.2) is 0 Å². The summed E-state index contributed by atoms with van der Waals surface area (Å²) in [4.78, 5) is 42.6. The Hall–Kier alpha value is -3.32. The third kappa shape index (κ3) is 7.14. The summed E-state index contributed by atoms with van der Waals surface area (Å²) in [5.74, 6) is -7.36. The Kier molecular flexibility index (Phi) is 9.60. The van der Waals surface area contributed by atoms with E-state index in [0.29, 0.717) is 5.56 Å². The van der Waals surface area contributed by atoms with Crippen LogP contribution in [0, 0.1) is 11.8 Å². The first-order chi connectivity index (χ1) is 20.4. The lowest BCUT2D eigenvalue weighted by molar-refractivity contribution is -0.239. The van der Waals surface area contributed by atoms with Crippen LogP contribution in [-0.2, 0) is 9.59 Å². The highest BCUT2D eigenvalue weighted by Gasteiger charge is 2.62. The number of amides is 2. The van der Waals surface area contributed by atoms with E-state index in [1.165, 1.54) is 42.5 Å². The number of hydrogen-bond acceptors (Lipinski definition) is 4. The SMILES string of the molecule is CCC(c1ccc(C(=O)NCCC(=O)O)cc1)N1C(=O)C(c2cc(Cl)cc(Cl)c2)=NC12CC(C(F)(F)F)CC(C(F)(F)F)C2. The second-order valence-electron chi connectivity index (χ2n) is 10.8. The number of nitrogens with zero attached hydrogens (tertiary/aromatic N) is 2. The molecule has 1 aliphatic heterocycles. The van der Waals surface area contributed by atoms with E-state index in [0.717, 1.165) is 4.90 Å². The average Bonchev–Trinajstić information content (AvgIpc) is 3.18. The monoisotopic (exact) mass is 665 g/mol. The molecule has 2 amide bonds. The Morgan fingerprint density at radius 2 is 1.57 bits per heavy atom. The van der Waals surface area contributed by atoms with Crippen molar-refractivity contribution in [3.05, 3.63) is 69.2 Å². The number of carbonyl (C=O) groups is 3. The van der Waals surface area contributed by atoms with Gasteiger partial charge in [-0.05, 0) is 48.7 Å². The smallest absolute Gasteiger partial charge is 0.391 e. The molecule has 0 aromatic heterocycles. The maximum Gasteiger partial charge on any atom is 0.391 e. The van der Waals surface area contributed by atoms with Gasteiger partial charge in [0.05, 0.1) is 24.3 Å². The quantitative estimate of drug-likeness (QED) is 0.291. The zero-order chi connectivity index (χ0) is 32.6. The lowest BCUT2D eigenvalue weighted by atomic mass is 9.73. The number of carbonyl (C=O) groups excluding carboxylic acids is 2. The minimum atomic E-state index is -4.99. The first-order valence-corrected chi connectivity index (χ1v) is 14.3. The van der Waals surface area contributed by atoms with Crippen molar-refractivity contribution in [1.29, 1.82) is 0 Å². The fourth-order valence-corrected chi connectivity index (χ4v) is 6.43. The summed E-state index contributed by atoms with van der Waals surface area (Å²) in [7, 11) is 0. The molecule has 4 rings (SSSR count). The number of carboxylic acid groups (broad SMARTS) is 1. The molecule has 3 unspecified atom stereocenters. The Morgan fingerprint density at radius 3 is 2.05 bits per heavy atom. The van der Waals surface area contributed by atoms with Gasteiger partial charge in [-0.25, -0.2) is 0 Å². The van der Waals surface area contributed by atoms with Crippen molar-refractivity contribution in [2.45, 2.75) is 63.1 Å². The van der Waals surface area contributed by atoms with Gasteiger partial charge in [-0.3, -0.25) is 19.4 Å². The van der Waals surface area contributed by atoms with Crippen LogP contribution in [0.15, 0.2) is 47.5 Å². The first-order valence-electron chi connectivity index (χ1n) is 13.6. The molecule has 1 spiro atoms. The standard InChI is InChI=1S/C29H27Cl2F6N3O4/c1-2-22(15-3-5-16(6-4-15)25(43)38-8-7-23(41)42)40-26(44)24(17-9-20(30)12-21(31)10-17)39-27(40)13-18(28(32,33)34)11-19(14-27)29(35,36)37/h3-6,9-10,12,18-19,22H,2,7-8,11,13-14H2,1H3,(H,38,43)(H,41,42). The molecule has 7 nitrogen and oxygen atoms in total. The number of benzene rings is 2. The summed E-state index contributed by atoms with van der Waals surface area (Å²) in [6.07, 6.45) is -13.1. The van der Waals surface area contributed by atoms with Gasteiger partial charge in [-0.15, -0.1) is 0 Å². The number of nitrogens with one attached hydrogen (secondary N) is 1. The molecule has 1 heterocycles. The number of rotatable bonds is 8. The van der Waals surface area contributed by atoms with Gasteiger partial charge in [0.2, 0.25) is 0 Å². The fourth-order valence-electron chi connectivity index (χ4n) is 5.90. The predicted molar refractivity (Wildman–Crippen MR) is 150 cm³/mol. The van der Waals surface area contributed by atoms with E-state index in [4.69, 9.17) is 28.3 Å². The highest BCUT2D eigenvalue weighted by Crippen LogP contribution is 2.55. The van der Waals surface area contributed by atoms with Crippen LogP contribution in [0.5, 0.6) is 0 Å². The highest BCUT2D eigenvalue weighted by molar-refractivity contribution is 6.47. The molecule has 3 atom stereocenters. The Morgan fingerprint density at radius 1 is 1.02 bits per heavy atom. The summed E-state index contributed by atoms with van der Waals surface area (Å²) in [5.41, 5.74) is -2.02. The molecule has 0 bridgehead atoms. The largest absolute Gasteiger partial charge is 0.481 e. The van der Waals surface area contributed by atoms with E-state index in [-0.39, 0.29) is 46.3 Å². The van der Waals surface area contributed by atoms with E-state index in [2.05, 4.69) is 10.3 Å². The number of alkyl halides is 6. The number of aliphatic carboxylic acids is 1. The summed E-state index contributed by atoms with van der Waals surface area (Å²) >= 11 is 12.2. The topological polar surface area (TPSA) is 99.1 Å². The maximum atomic E-state index is 14.1. The maximum absolute atomic E-state index is 14.1. The highest BCUT2D eigenvalue weighted by atomic mass is 35.5. The van der Waals surface area contributed by atoms with Crippen molar-refractivity contribution in [3.63, 3.8) is 0 Å². The second-order valence-corrected chi connectivity index (χ2v) is 11.7. The van der Waals surface area contributed by atoms with Crippen molar-refractivity contribution in [2.75, 3.05) is 6.54 Å². The first kappa shape index (κ1) is 33.6. The van der Waals surface area contributed by atoms with Crippen molar-refractivity contribution in [2.24, 2.45) is 16.8 Å².